The summed E-state index contributed by atoms with van der Waals surface area (Å²) in [5.74, 6) is 0.461. The van der Waals surface area contributed by atoms with Crippen LogP contribution >= 0.6 is 0 Å². The quantitative estimate of drug-likeness (QED) is 0.747. The second kappa shape index (κ2) is 7.40. The average Bonchev–Trinajstić information content (AvgIpc) is 2.57. The van der Waals surface area contributed by atoms with Gasteiger partial charge in [-0.05, 0) is 48.1 Å². The molecule has 0 aromatic rings. The molecule has 3 unspecified atom stereocenters. The van der Waals surface area contributed by atoms with E-state index in [0.717, 1.165) is 26.1 Å². The van der Waals surface area contributed by atoms with Crippen LogP contribution in [0.3, 0.4) is 0 Å². The Morgan fingerprint density at radius 2 is 1.86 bits per heavy atom. The van der Waals surface area contributed by atoms with E-state index in [1.165, 1.54) is 0 Å². The van der Waals surface area contributed by atoms with Crippen LogP contribution in [-0.4, -0.2) is 62.0 Å². The molecule has 3 atom stereocenters. The molecule has 0 bridgehead atoms. The number of nitrogens with zero attached hydrogens (tertiary/aromatic N) is 1. The van der Waals surface area contributed by atoms with E-state index in [0.29, 0.717) is 18.0 Å². The van der Waals surface area contributed by atoms with Crippen molar-refractivity contribution in [2.75, 3.05) is 33.9 Å². The van der Waals surface area contributed by atoms with Crippen molar-refractivity contribution in [1.29, 1.82) is 0 Å². The molecule has 4 heteroatoms. The maximum atomic E-state index is 6.35. The molecule has 1 fully saturated rings. The van der Waals surface area contributed by atoms with Gasteiger partial charge >= 0.3 is 0 Å². The van der Waals surface area contributed by atoms with Gasteiger partial charge in [-0.1, -0.05) is 6.92 Å². The molecule has 4 nitrogen and oxygen atoms in total. The molecule has 21 heavy (non-hydrogen) atoms. The molecule has 1 aliphatic rings. The standard InChI is InChI=1S/C17H36N2O2/c1-9-13(2)19(10-11-20-8)12-14-15(18-7)17(5,6)21-16(14,3)4/h13-15,18H,9-12H2,1-8H3. The zero-order valence-electron chi connectivity index (χ0n) is 15.3. The number of hydrogen-bond acceptors (Lipinski definition) is 4. The molecule has 0 saturated carbocycles. The zero-order valence-corrected chi connectivity index (χ0v) is 15.3. The van der Waals surface area contributed by atoms with Crippen LogP contribution in [0.1, 0.15) is 48.0 Å². The van der Waals surface area contributed by atoms with Crippen molar-refractivity contribution in [3.8, 4) is 0 Å². The highest BCUT2D eigenvalue weighted by Crippen LogP contribution is 2.42. The molecule has 0 aromatic heterocycles. The van der Waals surface area contributed by atoms with Crippen LogP contribution in [0.2, 0.25) is 0 Å². The van der Waals surface area contributed by atoms with E-state index >= 15 is 0 Å². The van der Waals surface area contributed by atoms with Crippen LogP contribution in [0, 0.1) is 5.92 Å². The third-order valence-electron chi connectivity index (χ3n) is 5.11. The van der Waals surface area contributed by atoms with Gasteiger partial charge in [0.05, 0.1) is 17.8 Å². The van der Waals surface area contributed by atoms with Crippen LogP contribution in [0.15, 0.2) is 0 Å². The summed E-state index contributed by atoms with van der Waals surface area (Å²) in [6, 6.07) is 0.929. The van der Waals surface area contributed by atoms with Crippen LogP contribution in [-0.2, 0) is 9.47 Å². The van der Waals surface area contributed by atoms with Gasteiger partial charge in [0.25, 0.3) is 0 Å². The van der Waals surface area contributed by atoms with Crippen molar-refractivity contribution in [2.45, 2.75) is 71.2 Å². The number of likely N-dealkylation sites (N-methyl/N-ethyl adjacent to an activating group) is 1. The monoisotopic (exact) mass is 300 g/mol. The van der Waals surface area contributed by atoms with E-state index in [-0.39, 0.29) is 11.2 Å². The summed E-state index contributed by atoms with van der Waals surface area (Å²) in [7, 11) is 3.82. The van der Waals surface area contributed by atoms with E-state index in [2.05, 4.69) is 51.8 Å². The summed E-state index contributed by atoms with van der Waals surface area (Å²) in [6.07, 6.45) is 1.16. The van der Waals surface area contributed by atoms with Crippen molar-refractivity contribution in [3.05, 3.63) is 0 Å². The molecule has 0 spiro atoms. The summed E-state index contributed by atoms with van der Waals surface area (Å²) in [5, 5.41) is 3.50. The topological polar surface area (TPSA) is 33.7 Å². The summed E-state index contributed by atoms with van der Waals surface area (Å²) in [5.41, 5.74) is -0.249. The normalized spacial score (nSPS) is 29.0. The van der Waals surface area contributed by atoms with E-state index in [4.69, 9.17) is 9.47 Å². The van der Waals surface area contributed by atoms with Crippen LogP contribution in [0.4, 0.5) is 0 Å². The van der Waals surface area contributed by atoms with Crippen molar-refractivity contribution in [2.24, 2.45) is 5.92 Å². The van der Waals surface area contributed by atoms with Gasteiger partial charge in [-0.25, -0.2) is 0 Å². The minimum atomic E-state index is -0.134. The Balaban J connectivity index is 2.88. The number of ether oxygens (including phenoxy) is 2. The third-order valence-corrected chi connectivity index (χ3v) is 5.11. The molecule has 0 radical (unpaired) electrons. The minimum Gasteiger partial charge on any atom is -0.383 e. The molecule has 1 aliphatic heterocycles. The first-order chi connectivity index (χ1) is 9.69. The van der Waals surface area contributed by atoms with Gasteiger partial charge in [0.1, 0.15) is 0 Å². The van der Waals surface area contributed by atoms with Gasteiger partial charge < -0.3 is 14.8 Å². The maximum absolute atomic E-state index is 6.35. The maximum Gasteiger partial charge on any atom is 0.0790 e. The van der Waals surface area contributed by atoms with E-state index < -0.39 is 0 Å². The van der Waals surface area contributed by atoms with Gasteiger partial charge in [-0.2, -0.15) is 0 Å². The van der Waals surface area contributed by atoms with Gasteiger partial charge in [-0.3, -0.25) is 4.90 Å². The first-order valence-electron chi connectivity index (χ1n) is 8.30. The largest absolute Gasteiger partial charge is 0.383 e. The number of hydrogen-bond donors (Lipinski definition) is 1. The summed E-state index contributed by atoms with van der Waals surface area (Å²) >= 11 is 0. The number of rotatable bonds is 8. The molecule has 1 heterocycles. The molecule has 126 valence electrons. The van der Waals surface area contributed by atoms with Gasteiger partial charge in [-0.15, -0.1) is 0 Å². The van der Waals surface area contributed by atoms with Gasteiger partial charge in [0, 0.05) is 38.2 Å². The second-order valence-corrected chi connectivity index (χ2v) is 7.43. The predicted octanol–water partition coefficient (Wildman–Crippen LogP) is 2.52. The number of nitrogens with one attached hydrogen (secondary N) is 1. The van der Waals surface area contributed by atoms with Gasteiger partial charge in [0.15, 0.2) is 0 Å². The highest BCUT2D eigenvalue weighted by atomic mass is 16.5. The Labute approximate surface area is 131 Å². The minimum absolute atomic E-state index is 0.115. The number of methoxy groups -OCH3 is 1. The average molecular weight is 300 g/mol. The first kappa shape index (κ1) is 18.9. The Morgan fingerprint density at radius 3 is 2.33 bits per heavy atom. The molecule has 1 N–H and O–H groups in total. The van der Waals surface area contributed by atoms with Crippen molar-refractivity contribution in [1.82, 2.24) is 10.2 Å². The van der Waals surface area contributed by atoms with E-state index in [1.54, 1.807) is 7.11 Å². The molecular weight excluding hydrogens is 264 g/mol. The summed E-state index contributed by atoms with van der Waals surface area (Å²) in [4.78, 5) is 2.55. The van der Waals surface area contributed by atoms with Crippen molar-refractivity contribution in [3.63, 3.8) is 0 Å². The van der Waals surface area contributed by atoms with E-state index in [1.807, 2.05) is 7.05 Å². The van der Waals surface area contributed by atoms with Crippen LogP contribution < -0.4 is 5.32 Å². The molecule has 0 aromatic carbocycles. The van der Waals surface area contributed by atoms with Gasteiger partial charge in [0.2, 0.25) is 0 Å². The Hall–Kier alpha value is -0.160. The fourth-order valence-electron chi connectivity index (χ4n) is 3.79. The summed E-state index contributed by atoms with van der Waals surface area (Å²) < 4.78 is 11.6. The van der Waals surface area contributed by atoms with Crippen LogP contribution in [0.5, 0.6) is 0 Å². The molecular formula is C17H36N2O2. The molecule has 0 aliphatic carbocycles. The second-order valence-electron chi connectivity index (χ2n) is 7.43. The predicted molar refractivity (Wildman–Crippen MR) is 88.8 cm³/mol. The van der Waals surface area contributed by atoms with Crippen molar-refractivity contribution < 1.29 is 9.47 Å². The SMILES string of the molecule is CCC(C)N(CCOC)CC1C(NC)C(C)(C)OC1(C)C. The smallest absolute Gasteiger partial charge is 0.0790 e. The Kier molecular flexibility index (Phi) is 6.66. The lowest BCUT2D eigenvalue weighted by atomic mass is 9.82. The molecule has 1 rings (SSSR count). The fourth-order valence-corrected chi connectivity index (χ4v) is 3.79. The first-order valence-corrected chi connectivity index (χ1v) is 8.30. The fraction of sp³-hybridized carbons (Fsp3) is 1.00. The van der Waals surface area contributed by atoms with Crippen LogP contribution in [0.25, 0.3) is 0 Å². The highest BCUT2D eigenvalue weighted by molar-refractivity contribution is 5.05. The third kappa shape index (κ3) is 4.41. The lowest BCUT2D eigenvalue weighted by Gasteiger charge is -2.37. The zero-order chi connectivity index (χ0) is 16.3. The lowest BCUT2D eigenvalue weighted by molar-refractivity contribution is -0.0803. The Bertz CT molecular complexity index is 318. The summed E-state index contributed by atoms with van der Waals surface area (Å²) in [6.45, 7) is 16.2. The van der Waals surface area contributed by atoms with E-state index in [9.17, 15) is 0 Å². The molecule has 1 saturated heterocycles. The van der Waals surface area contributed by atoms with Crippen molar-refractivity contribution >= 4 is 0 Å². The highest BCUT2D eigenvalue weighted by Gasteiger charge is 2.53. The lowest BCUT2D eigenvalue weighted by Crippen LogP contribution is -2.51. The molecule has 0 amide bonds. The Morgan fingerprint density at radius 1 is 1.24 bits per heavy atom.